The zero-order valence-electron chi connectivity index (χ0n) is 14.4. The molecule has 0 fully saturated rings. The van der Waals surface area contributed by atoms with E-state index in [0.29, 0.717) is 25.7 Å². The first kappa shape index (κ1) is 19.9. The molecule has 0 heterocycles. The van der Waals surface area contributed by atoms with Crippen LogP contribution in [0.1, 0.15) is 84.0 Å². The molecule has 0 aromatic heterocycles. The van der Waals surface area contributed by atoms with Crippen molar-refractivity contribution in [2.45, 2.75) is 90.1 Å². The van der Waals surface area contributed by atoms with Crippen molar-refractivity contribution in [1.82, 2.24) is 0 Å². The van der Waals surface area contributed by atoms with Crippen molar-refractivity contribution in [1.29, 1.82) is 0 Å². The molecule has 0 aromatic carbocycles. The molecular weight excluding hydrogens is 292 g/mol. The maximum Gasteiger partial charge on any atom is 0.304 e. The van der Waals surface area contributed by atoms with Crippen molar-refractivity contribution < 1.29 is 19.8 Å². The number of ketones is 1. The Hall–Kier alpha value is -1.16. The molecule has 0 aromatic rings. The van der Waals surface area contributed by atoms with E-state index in [9.17, 15) is 14.7 Å². The van der Waals surface area contributed by atoms with Crippen LogP contribution in [0.5, 0.6) is 0 Å². The van der Waals surface area contributed by atoms with Crippen LogP contribution in [0.15, 0.2) is 11.6 Å². The number of rotatable bonds is 13. The minimum Gasteiger partial charge on any atom is -0.481 e. The SMILES string of the molecule is CCCCCCCCCC(=O)CCC1=CCC(O)C1CC(=O)O. The Labute approximate surface area is 140 Å². The predicted molar refractivity (Wildman–Crippen MR) is 91.3 cm³/mol. The number of carboxylic acids is 1. The van der Waals surface area contributed by atoms with Crippen LogP contribution < -0.4 is 0 Å². The summed E-state index contributed by atoms with van der Waals surface area (Å²) < 4.78 is 0. The highest BCUT2D eigenvalue weighted by Crippen LogP contribution is 2.32. The normalized spacial score (nSPS) is 20.5. The van der Waals surface area contributed by atoms with Gasteiger partial charge in [-0.05, 0) is 19.3 Å². The lowest BCUT2D eigenvalue weighted by Crippen LogP contribution is -2.20. The highest BCUT2D eigenvalue weighted by atomic mass is 16.4. The van der Waals surface area contributed by atoms with Crippen molar-refractivity contribution in [2.75, 3.05) is 0 Å². The predicted octanol–water partition coefficient (Wildman–Crippen LogP) is 4.26. The molecule has 4 nitrogen and oxygen atoms in total. The number of aliphatic hydroxyl groups is 1. The summed E-state index contributed by atoms with van der Waals surface area (Å²) in [7, 11) is 0. The molecule has 0 bridgehead atoms. The van der Waals surface area contributed by atoms with Gasteiger partial charge in [-0.1, -0.05) is 57.1 Å². The summed E-state index contributed by atoms with van der Waals surface area (Å²) in [5.41, 5.74) is 0.952. The highest BCUT2D eigenvalue weighted by molar-refractivity contribution is 5.78. The van der Waals surface area contributed by atoms with Gasteiger partial charge in [-0.3, -0.25) is 9.59 Å². The Bertz CT molecular complexity index is 400. The molecule has 1 aliphatic rings. The van der Waals surface area contributed by atoms with Crippen LogP contribution in [-0.4, -0.2) is 28.1 Å². The molecule has 2 N–H and O–H groups in total. The van der Waals surface area contributed by atoms with Gasteiger partial charge < -0.3 is 10.2 Å². The average molecular weight is 324 g/mol. The van der Waals surface area contributed by atoms with Crippen molar-refractivity contribution in [3.05, 3.63) is 11.6 Å². The summed E-state index contributed by atoms with van der Waals surface area (Å²) in [6.45, 7) is 2.21. The largest absolute Gasteiger partial charge is 0.481 e. The van der Waals surface area contributed by atoms with E-state index >= 15 is 0 Å². The first-order chi connectivity index (χ1) is 11.0. The van der Waals surface area contributed by atoms with Gasteiger partial charge in [-0.15, -0.1) is 0 Å². The Balaban J connectivity index is 2.14. The second kappa shape index (κ2) is 11.4. The van der Waals surface area contributed by atoms with Crippen molar-refractivity contribution in [3.63, 3.8) is 0 Å². The first-order valence-corrected chi connectivity index (χ1v) is 9.15. The number of hydrogen-bond acceptors (Lipinski definition) is 3. The number of carboxylic acid groups (broad SMARTS) is 1. The van der Waals surface area contributed by atoms with Crippen LogP contribution in [0.2, 0.25) is 0 Å². The molecule has 2 atom stereocenters. The summed E-state index contributed by atoms with van der Waals surface area (Å²) in [5.74, 6) is -0.940. The molecule has 0 aliphatic heterocycles. The highest BCUT2D eigenvalue weighted by Gasteiger charge is 2.29. The zero-order valence-corrected chi connectivity index (χ0v) is 14.4. The van der Waals surface area contributed by atoms with Crippen LogP contribution in [-0.2, 0) is 9.59 Å². The van der Waals surface area contributed by atoms with Gasteiger partial charge in [0, 0.05) is 18.8 Å². The maximum absolute atomic E-state index is 11.9. The number of aliphatic carboxylic acids is 1. The van der Waals surface area contributed by atoms with Crippen molar-refractivity contribution in [2.24, 2.45) is 5.92 Å². The smallest absolute Gasteiger partial charge is 0.304 e. The molecule has 1 rings (SSSR count). The number of hydrogen-bond donors (Lipinski definition) is 2. The van der Waals surface area contributed by atoms with E-state index in [-0.39, 0.29) is 18.1 Å². The van der Waals surface area contributed by atoms with E-state index in [1.54, 1.807) is 0 Å². The quantitative estimate of drug-likeness (QED) is 0.392. The lowest BCUT2D eigenvalue weighted by molar-refractivity contribution is -0.138. The minimum atomic E-state index is -0.892. The zero-order chi connectivity index (χ0) is 17.1. The van der Waals surface area contributed by atoms with E-state index in [2.05, 4.69) is 6.92 Å². The second-order valence-electron chi connectivity index (χ2n) is 6.70. The van der Waals surface area contributed by atoms with Gasteiger partial charge >= 0.3 is 5.97 Å². The summed E-state index contributed by atoms with van der Waals surface area (Å²) in [6.07, 6.45) is 11.9. The van der Waals surface area contributed by atoms with Crippen molar-refractivity contribution in [3.8, 4) is 0 Å². The van der Waals surface area contributed by atoms with Gasteiger partial charge in [0.2, 0.25) is 0 Å². The van der Waals surface area contributed by atoms with E-state index in [4.69, 9.17) is 5.11 Å². The Kier molecular flexibility index (Phi) is 9.85. The average Bonchev–Trinajstić information content (AvgIpc) is 2.84. The molecule has 4 heteroatoms. The topological polar surface area (TPSA) is 74.6 Å². The molecule has 0 amide bonds. The Morgan fingerprint density at radius 1 is 1.09 bits per heavy atom. The van der Waals surface area contributed by atoms with E-state index in [1.807, 2.05) is 6.08 Å². The van der Waals surface area contributed by atoms with Gasteiger partial charge in [0.15, 0.2) is 0 Å². The molecule has 0 saturated carbocycles. The number of unbranched alkanes of at least 4 members (excludes halogenated alkanes) is 6. The first-order valence-electron chi connectivity index (χ1n) is 9.15. The van der Waals surface area contributed by atoms with Gasteiger partial charge in [0.1, 0.15) is 5.78 Å². The van der Waals surface area contributed by atoms with Gasteiger partial charge in [0.25, 0.3) is 0 Å². The number of Topliss-reactive ketones (excluding diaryl/α,β-unsaturated/α-hetero) is 1. The molecular formula is C19H32O4. The van der Waals surface area contributed by atoms with Crippen LogP contribution in [0.25, 0.3) is 0 Å². The maximum atomic E-state index is 11.9. The molecule has 132 valence electrons. The third-order valence-electron chi connectivity index (χ3n) is 4.71. The summed E-state index contributed by atoms with van der Waals surface area (Å²) in [6, 6.07) is 0. The monoisotopic (exact) mass is 324 g/mol. The van der Waals surface area contributed by atoms with E-state index < -0.39 is 12.1 Å². The standard InChI is InChI=1S/C19H32O4/c1-2-3-4-5-6-7-8-9-16(20)12-10-15-11-13-18(21)17(15)14-19(22)23/h11,17-18,21H,2-10,12-14H2,1H3,(H,22,23). The Morgan fingerprint density at radius 2 is 1.74 bits per heavy atom. The van der Waals surface area contributed by atoms with Crippen LogP contribution in [0.3, 0.4) is 0 Å². The fraction of sp³-hybridized carbons (Fsp3) is 0.789. The third kappa shape index (κ3) is 8.31. The van der Waals surface area contributed by atoms with Crippen LogP contribution in [0.4, 0.5) is 0 Å². The summed E-state index contributed by atoms with van der Waals surface area (Å²) >= 11 is 0. The van der Waals surface area contributed by atoms with E-state index in [1.165, 1.54) is 32.1 Å². The second-order valence-corrected chi connectivity index (χ2v) is 6.70. The molecule has 0 saturated heterocycles. The van der Waals surface area contributed by atoms with Crippen LogP contribution >= 0.6 is 0 Å². The molecule has 23 heavy (non-hydrogen) atoms. The number of carbonyl (C=O) groups is 2. The third-order valence-corrected chi connectivity index (χ3v) is 4.71. The number of aliphatic hydroxyl groups excluding tert-OH is 1. The molecule has 0 spiro atoms. The van der Waals surface area contributed by atoms with E-state index in [0.717, 1.165) is 18.4 Å². The van der Waals surface area contributed by atoms with Crippen molar-refractivity contribution >= 4 is 11.8 Å². The number of carbonyl (C=O) groups excluding carboxylic acids is 1. The summed E-state index contributed by atoms with van der Waals surface area (Å²) in [4.78, 5) is 22.8. The molecule has 2 unspecified atom stereocenters. The Morgan fingerprint density at radius 3 is 2.39 bits per heavy atom. The van der Waals surface area contributed by atoms with Crippen LogP contribution in [0, 0.1) is 5.92 Å². The van der Waals surface area contributed by atoms with Gasteiger partial charge in [-0.25, -0.2) is 0 Å². The fourth-order valence-corrected chi connectivity index (χ4v) is 3.27. The lowest BCUT2D eigenvalue weighted by atomic mass is 9.91. The minimum absolute atomic E-state index is 0.0427. The fourth-order valence-electron chi connectivity index (χ4n) is 3.27. The van der Waals surface area contributed by atoms with Gasteiger partial charge in [0.05, 0.1) is 12.5 Å². The van der Waals surface area contributed by atoms with Gasteiger partial charge in [-0.2, -0.15) is 0 Å². The summed E-state index contributed by atoms with van der Waals surface area (Å²) in [5, 5.41) is 18.7. The molecule has 0 radical (unpaired) electrons. The lowest BCUT2D eigenvalue weighted by Gasteiger charge is -2.16. The molecule has 1 aliphatic carbocycles.